The lowest BCUT2D eigenvalue weighted by Crippen LogP contribution is -2.03. The number of benzene rings is 3. The maximum absolute atomic E-state index is 12.0. The van der Waals surface area contributed by atoms with Crippen LogP contribution < -0.4 is 4.74 Å². The Labute approximate surface area is 166 Å². The number of phenols is 4. The van der Waals surface area contributed by atoms with Gasteiger partial charge in [0.15, 0.2) is 11.5 Å². The van der Waals surface area contributed by atoms with Crippen molar-refractivity contribution in [3.63, 3.8) is 0 Å². The van der Waals surface area contributed by atoms with E-state index in [1.54, 1.807) is 42.5 Å². The predicted octanol–water partition coefficient (Wildman–Crippen LogP) is 4.30. The first-order chi connectivity index (χ1) is 13.9. The lowest BCUT2D eigenvalue weighted by Gasteiger charge is -2.04. The summed E-state index contributed by atoms with van der Waals surface area (Å²) in [5.41, 5.74) is 1.98. The molecule has 29 heavy (non-hydrogen) atoms. The number of phenolic OH excluding ortho intramolecular Hbond substituents is 4. The fraction of sp³-hybridized carbons (Fsp3) is 0. The van der Waals surface area contributed by atoms with Gasteiger partial charge in [-0.25, -0.2) is 4.79 Å². The Morgan fingerprint density at radius 3 is 2.07 bits per heavy atom. The van der Waals surface area contributed by atoms with Crippen molar-refractivity contribution in [2.45, 2.75) is 0 Å². The maximum atomic E-state index is 12.0. The van der Waals surface area contributed by atoms with Gasteiger partial charge in [0.25, 0.3) is 0 Å². The summed E-state index contributed by atoms with van der Waals surface area (Å²) in [4.78, 5) is 12.0. The van der Waals surface area contributed by atoms with Gasteiger partial charge in [0, 0.05) is 12.1 Å². The monoisotopic (exact) mass is 390 g/mol. The Balaban J connectivity index is 1.70. The normalized spacial score (nSPS) is 11.2. The van der Waals surface area contributed by atoms with Gasteiger partial charge >= 0.3 is 5.97 Å². The third-order valence-electron chi connectivity index (χ3n) is 3.90. The summed E-state index contributed by atoms with van der Waals surface area (Å²) in [6, 6.07) is 15.2. The number of hydrogen-bond acceptors (Lipinski definition) is 6. The Morgan fingerprint density at radius 1 is 0.655 bits per heavy atom. The Morgan fingerprint density at radius 2 is 1.34 bits per heavy atom. The van der Waals surface area contributed by atoms with Gasteiger partial charge in [-0.1, -0.05) is 30.4 Å². The molecule has 0 heterocycles. The molecule has 3 rings (SSSR count). The van der Waals surface area contributed by atoms with Crippen LogP contribution >= 0.6 is 0 Å². The third-order valence-corrected chi connectivity index (χ3v) is 3.90. The molecule has 0 bridgehead atoms. The molecule has 6 heteroatoms. The van der Waals surface area contributed by atoms with Crippen LogP contribution in [0.3, 0.4) is 0 Å². The smallest absolute Gasteiger partial charge is 0.336 e. The summed E-state index contributed by atoms with van der Waals surface area (Å²) >= 11 is 0. The number of aromatic hydroxyl groups is 4. The molecule has 0 radical (unpaired) electrons. The molecule has 0 aromatic heterocycles. The van der Waals surface area contributed by atoms with Crippen molar-refractivity contribution in [3.8, 4) is 28.7 Å². The van der Waals surface area contributed by atoms with Crippen molar-refractivity contribution < 1.29 is 30.0 Å². The van der Waals surface area contributed by atoms with Crippen LogP contribution in [-0.4, -0.2) is 26.4 Å². The van der Waals surface area contributed by atoms with Crippen LogP contribution in [0.5, 0.6) is 28.7 Å². The van der Waals surface area contributed by atoms with Crippen molar-refractivity contribution in [3.05, 3.63) is 83.4 Å². The average Bonchev–Trinajstić information content (AvgIpc) is 2.68. The van der Waals surface area contributed by atoms with Crippen molar-refractivity contribution >= 4 is 24.2 Å². The van der Waals surface area contributed by atoms with Crippen LogP contribution in [-0.2, 0) is 4.79 Å². The first kappa shape index (κ1) is 19.6. The molecule has 146 valence electrons. The topological polar surface area (TPSA) is 107 Å². The molecule has 0 spiro atoms. The van der Waals surface area contributed by atoms with E-state index < -0.39 is 5.97 Å². The largest absolute Gasteiger partial charge is 0.508 e. The molecule has 0 saturated heterocycles. The minimum atomic E-state index is -0.670. The summed E-state index contributed by atoms with van der Waals surface area (Å²) in [7, 11) is 0. The highest BCUT2D eigenvalue weighted by Gasteiger charge is 2.05. The molecule has 0 aliphatic heterocycles. The van der Waals surface area contributed by atoms with Crippen molar-refractivity contribution in [1.29, 1.82) is 0 Å². The van der Waals surface area contributed by atoms with E-state index in [4.69, 9.17) is 4.74 Å². The fourth-order valence-electron chi connectivity index (χ4n) is 2.50. The van der Waals surface area contributed by atoms with Gasteiger partial charge in [0.05, 0.1) is 0 Å². The molecule has 6 nitrogen and oxygen atoms in total. The average molecular weight is 390 g/mol. The quantitative estimate of drug-likeness (QED) is 0.170. The molecular weight excluding hydrogens is 372 g/mol. The van der Waals surface area contributed by atoms with E-state index in [-0.39, 0.29) is 28.7 Å². The molecule has 0 fully saturated rings. The number of carbonyl (C=O) groups excluding carboxylic acids is 1. The number of hydrogen-bond donors (Lipinski definition) is 4. The highest BCUT2D eigenvalue weighted by atomic mass is 16.5. The van der Waals surface area contributed by atoms with Crippen LogP contribution in [0.15, 0.2) is 66.7 Å². The van der Waals surface area contributed by atoms with Crippen LogP contribution in [0.25, 0.3) is 18.2 Å². The van der Waals surface area contributed by atoms with Crippen molar-refractivity contribution in [2.75, 3.05) is 0 Å². The molecule has 0 amide bonds. The Bertz CT molecular complexity index is 1080. The minimum absolute atomic E-state index is 0.0620. The first-order valence-corrected chi connectivity index (χ1v) is 8.62. The van der Waals surface area contributed by atoms with E-state index in [9.17, 15) is 25.2 Å². The summed E-state index contributed by atoms with van der Waals surface area (Å²) in [6.07, 6.45) is 6.12. The SMILES string of the molecule is O=C(C=Cc1ccc(O)c(O)c1)Oc1cc(O)cc(C=Cc2ccc(O)cc2)c1. The van der Waals surface area contributed by atoms with Crippen LogP contribution in [0.4, 0.5) is 0 Å². The zero-order valence-electron chi connectivity index (χ0n) is 15.2. The van der Waals surface area contributed by atoms with E-state index in [1.807, 2.05) is 0 Å². The molecule has 0 aliphatic carbocycles. The van der Waals surface area contributed by atoms with Gasteiger partial charge in [-0.15, -0.1) is 0 Å². The second-order valence-electron chi connectivity index (χ2n) is 6.19. The predicted molar refractivity (Wildman–Crippen MR) is 110 cm³/mol. The highest BCUT2D eigenvalue weighted by molar-refractivity contribution is 5.89. The fourth-order valence-corrected chi connectivity index (χ4v) is 2.50. The van der Waals surface area contributed by atoms with Gasteiger partial charge in [-0.2, -0.15) is 0 Å². The van der Waals surface area contributed by atoms with Crippen molar-refractivity contribution in [2.24, 2.45) is 0 Å². The standard InChI is InChI=1S/C23H18O6/c24-18-7-3-15(4-8-18)1-2-17-11-19(25)14-20(12-17)29-23(28)10-6-16-5-9-21(26)22(27)13-16/h1-14,24-27H. The molecule has 0 saturated carbocycles. The summed E-state index contributed by atoms with van der Waals surface area (Å²) < 4.78 is 5.21. The first-order valence-electron chi connectivity index (χ1n) is 8.62. The highest BCUT2D eigenvalue weighted by Crippen LogP contribution is 2.26. The zero-order valence-corrected chi connectivity index (χ0v) is 15.2. The Hall–Kier alpha value is -4.19. The number of ether oxygens (including phenoxy) is 1. The number of rotatable bonds is 5. The summed E-state index contributed by atoms with van der Waals surface area (Å²) in [5.74, 6) is -0.941. The third kappa shape index (κ3) is 5.64. The lowest BCUT2D eigenvalue weighted by atomic mass is 10.1. The number of carbonyl (C=O) groups is 1. The minimum Gasteiger partial charge on any atom is -0.508 e. The van der Waals surface area contributed by atoms with Gasteiger partial charge < -0.3 is 25.2 Å². The van der Waals surface area contributed by atoms with Crippen LogP contribution in [0.1, 0.15) is 16.7 Å². The molecule has 0 unspecified atom stereocenters. The van der Waals surface area contributed by atoms with E-state index >= 15 is 0 Å². The van der Waals surface area contributed by atoms with E-state index in [0.717, 1.165) is 5.56 Å². The van der Waals surface area contributed by atoms with Gasteiger partial charge in [-0.05, 0) is 59.2 Å². The molecule has 4 N–H and O–H groups in total. The van der Waals surface area contributed by atoms with Crippen LogP contribution in [0, 0.1) is 0 Å². The second-order valence-corrected chi connectivity index (χ2v) is 6.19. The van der Waals surface area contributed by atoms with Crippen molar-refractivity contribution in [1.82, 2.24) is 0 Å². The van der Waals surface area contributed by atoms with Gasteiger partial charge in [0.1, 0.15) is 17.2 Å². The van der Waals surface area contributed by atoms with E-state index in [0.29, 0.717) is 11.1 Å². The zero-order chi connectivity index (χ0) is 20.8. The summed E-state index contributed by atoms with van der Waals surface area (Å²) in [5, 5.41) is 37.9. The lowest BCUT2D eigenvalue weighted by molar-refractivity contribution is -0.128. The molecule has 0 aliphatic rings. The number of esters is 1. The van der Waals surface area contributed by atoms with Gasteiger partial charge in [-0.3, -0.25) is 0 Å². The molecule has 0 atom stereocenters. The van der Waals surface area contributed by atoms with E-state index in [2.05, 4.69) is 0 Å². The second kappa shape index (κ2) is 8.67. The molecule has 3 aromatic carbocycles. The maximum Gasteiger partial charge on any atom is 0.336 e. The summed E-state index contributed by atoms with van der Waals surface area (Å²) in [6.45, 7) is 0. The van der Waals surface area contributed by atoms with Crippen LogP contribution in [0.2, 0.25) is 0 Å². The van der Waals surface area contributed by atoms with Gasteiger partial charge in [0.2, 0.25) is 0 Å². The Kier molecular flexibility index (Phi) is 5.85. The molecule has 3 aromatic rings. The van der Waals surface area contributed by atoms with E-state index in [1.165, 1.54) is 42.5 Å². The molecular formula is C23H18O6.